The quantitative estimate of drug-likeness (QED) is 0.909. The Morgan fingerprint density at radius 2 is 2.00 bits per heavy atom. The summed E-state index contributed by atoms with van der Waals surface area (Å²) in [4.78, 5) is 0. The summed E-state index contributed by atoms with van der Waals surface area (Å²) in [5.41, 5.74) is 2.58. The Balaban J connectivity index is 2.15. The van der Waals surface area contributed by atoms with Gasteiger partial charge in [-0.05, 0) is 42.3 Å². The van der Waals surface area contributed by atoms with Gasteiger partial charge < -0.3 is 5.32 Å². The first-order valence-electron chi connectivity index (χ1n) is 5.79. The molecule has 0 heterocycles. The Morgan fingerprint density at radius 3 is 2.68 bits per heavy atom. The third kappa shape index (κ3) is 2.89. The zero-order valence-corrected chi connectivity index (χ0v) is 10.4. The molecule has 19 heavy (non-hydrogen) atoms. The standard InChI is InChI=1S/C15H12F2N2/c1-10-7-11(8-18)5-6-12(10)9-19-14-4-2-3-13(16)15(14)17/h2-7,19H,9H2,1H3. The van der Waals surface area contributed by atoms with E-state index in [9.17, 15) is 8.78 Å². The summed E-state index contributed by atoms with van der Waals surface area (Å²) in [6.45, 7) is 2.25. The maximum Gasteiger partial charge on any atom is 0.181 e. The van der Waals surface area contributed by atoms with Gasteiger partial charge in [-0.2, -0.15) is 5.26 Å². The van der Waals surface area contributed by atoms with E-state index in [0.29, 0.717) is 12.1 Å². The maximum absolute atomic E-state index is 13.4. The number of halogens is 2. The van der Waals surface area contributed by atoms with Gasteiger partial charge in [-0.3, -0.25) is 0 Å². The molecule has 2 aromatic rings. The van der Waals surface area contributed by atoms with E-state index in [4.69, 9.17) is 5.26 Å². The van der Waals surface area contributed by atoms with Gasteiger partial charge in [-0.15, -0.1) is 0 Å². The summed E-state index contributed by atoms with van der Waals surface area (Å²) in [6.07, 6.45) is 0. The number of aryl methyl sites for hydroxylation is 1. The Bertz CT molecular complexity index is 645. The summed E-state index contributed by atoms with van der Waals surface area (Å²) in [6, 6.07) is 11.3. The van der Waals surface area contributed by atoms with E-state index in [1.807, 2.05) is 6.92 Å². The second-order valence-corrected chi connectivity index (χ2v) is 4.21. The molecule has 0 atom stereocenters. The number of anilines is 1. The highest BCUT2D eigenvalue weighted by atomic mass is 19.2. The van der Waals surface area contributed by atoms with Gasteiger partial charge in [0.15, 0.2) is 11.6 Å². The van der Waals surface area contributed by atoms with Crippen molar-refractivity contribution in [2.75, 3.05) is 5.32 Å². The first kappa shape index (κ1) is 13.0. The smallest absolute Gasteiger partial charge is 0.181 e. The van der Waals surface area contributed by atoms with Gasteiger partial charge in [0.2, 0.25) is 0 Å². The fraction of sp³-hybridized carbons (Fsp3) is 0.133. The molecular weight excluding hydrogens is 246 g/mol. The van der Waals surface area contributed by atoms with E-state index in [1.54, 1.807) is 18.2 Å². The number of nitrogens with one attached hydrogen (secondary N) is 1. The third-order valence-electron chi connectivity index (χ3n) is 2.89. The fourth-order valence-electron chi connectivity index (χ4n) is 1.79. The zero-order chi connectivity index (χ0) is 13.8. The molecule has 2 nitrogen and oxygen atoms in total. The molecule has 1 N–H and O–H groups in total. The van der Waals surface area contributed by atoms with Crippen LogP contribution in [-0.2, 0) is 6.54 Å². The van der Waals surface area contributed by atoms with Crippen LogP contribution in [0.1, 0.15) is 16.7 Å². The summed E-state index contributed by atoms with van der Waals surface area (Å²) in [5.74, 6) is -1.75. The minimum Gasteiger partial charge on any atom is -0.379 e. The molecule has 0 aliphatic rings. The average molecular weight is 258 g/mol. The van der Waals surface area contributed by atoms with Gasteiger partial charge in [0, 0.05) is 6.54 Å². The van der Waals surface area contributed by atoms with Gasteiger partial charge >= 0.3 is 0 Å². The second kappa shape index (κ2) is 5.49. The molecule has 0 aliphatic carbocycles. The van der Waals surface area contributed by atoms with Crippen molar-refractivity contribution in [2.24, 2.45) is 0 Å². The molecule has 0 aliphatic heterocycles. The van der Waals surface area contributed by atoms with Crippen LogP contribution in [0.4, 0.5) is 14.5 Å². The van der Waals surface area contributed by atoms with Gasteiger partial charge in [-0.1, -0.05) is 12.1 Å². The van der Waals surface area contributed by atoms with Gasteiger partial charge in [-0.25, -0.2) is 8.78 Å². The van der Waals surface area contributed by atoms with Crippen molar-refractivity contribution >= 4 is 5.69 Å². The molecule has 0 bridgehead atoms. The Labute approximate surface area is 110 Å². The van der Waals surface area contributed by atoms with Crippen LogP contribution in [0.3, 0.4) is 0 Å². The molecular formula is C15H12F2N2. The van der Waals surface area contributed by atoms with Crippen LogP contribution < -0.4 is 5.32 Å². The lowest BCUT2D eigenvalue weighted by molar-refractivity contribution is 0.511. The number of hydrogen-bond acceptors (Lipinski definition) is 2. The van der Waals surface area contributed by atoms with Crippen molar-refractivity contribution in [3.8, 4) is 6.07 Å². The molecule has 96 valence electrons. The first-order valence-corrected chi connectivity index (χ1v) is 5.79. The van der Waals surface area contributed by atoms with Crippen LogP contribution in [0.5, 0.6) is 0 Å². The number of hydrogen-bond donors (Lipinski definition) is 1. The Hall–Kier alpha value is -2.41. The highest BCUT2D eigenvalue weighted by molar-refractivity contribution is 5.46. The van der Waals surface area contributed by atoms with E-state index >= 15 is 0 Å². The highest BCUT2D eigenvalue weighted by Gasteiger charge is 2.07. The van der Waals surface area contributed by atoms with Gasteiger partial charge in [0.05, 0.1) is 17.3 Å². The van der Waals surface area contributed by atoms with E-state index < -0.39 is 11.6 Å². The molecule has 0 aromatic heterocycles. The summed E-state index contributed by atoms with van der Waals surface area (Å²) in [7, 11) is 0. The third-order valence-corrected chi connectivity index (χ3v) is 2.89. The highest BCUT2D eigenvalue weighted by Crippen LogP contribution is 2.18. The summed E-state index contributed by atoms with van der Waals surface area (Å²) < 4.78 is 26.5. The molecule has 0 amide bonds. The molecule has 2 aromatic carbocycles. The molecule has 0 fully saturated rings. The van der Waals surface area contributed by atoms with Crippen molar-refractivity contribution in [2.45, 2.75) is 13.5 Å². The molecule has 2 rings (SSSR count). The fourth-order valence-corrected chi connectivity index (χ4v) is 1.79. The molecule has 0 spiro atoms. The lowest BCUT2D eigenvalue weighted by atomic mass is 10.1. The SMILES string of the molecule is Cc1cc(C#N)ccc1CNc1cccc(F)c1F. The number of benzene rings is 2. The Kier molecular flexibility index (Phi) is 3.76. The monoisotopic (exact) mass is 258 g/mol. The van der Waals surface area contributed by atoms with Crippen LogP contribution >= 0.6 is 0 Å². The maximum atomic E-state index is 13.4. The predicted octanol–water partition coefficient (Wildman–Crippen LogP) is 3.76. The van der Waals surface area contributed by atoms with Crippen LogP contribution in [0.2, 0.25) is 0 Å². The zero-order valence-electron chi connectivity index (χ0n) is 10.4. The van der Waals surface area contributed by atoms with E-state index in [-0.39, 0.29) is 5.69 Å². The summed E-state index contributed by atoms with van der Waals surface area (Å²) >= 11 is 0. The summed E-state index contributed by atoms with van der Waals surface area (Å²) in [5, 5.41) is 11.6. The second-order valence-electron chi connectivity index (χ2n) is 4.21. The van der Waals surface area contributed by atoms with Crippen LogP contribution in [0.15, 0.2) is 36.4 Å². The Morgan fingerprint density at radius 1 is 1.21 bits per heavy atom. The number of nitriles is 1. The van der Waals surface area contributed by atoms with Crippen molar-refractivity contribution in [1.29, 1.82) is 5.26 Å². The van der Waals surface area contributed by atoms with Crippen LogP contribution in [0.25, 0.3) is 0 Å². The van der Waals surface area contributed by atoms with Gasteiger partial charge in [0.25, 0.3) is 0 Å². The van der Waals surface area contributed by atoms with E-state index in [2.05, 4.69) is 11.4 Å². The van der Waals surface area contributed by atoms with Crippen molar-refractivity contribution in [1.82, 2.24) is 0 Å². The molecule has 0 saturated carbocycles. The van der Waals surface area contributed by atoms with Crippen molar-refractivity contribution in [3.05, 3.63) is 64.7 Å². The largest absolute Gasteiger partial charge is 0.379 e. The molecule has 0 saturated heterocycles. The van der Waals surface area contributed by atoms with Crippen LogP contribution in [0, 0.1) is 29.9 Å². The first-order chi connectivity index (χ1) is 9.11. The van der Waals surface area contributed by atoms with E-state index in [1.165, 1.54) is 12.1 Å². The molecule has 4 heteroatoms. The number of rotatable bonds is 3. The topological polar surface area (TPSA) is 35.8 Å². The lowest BCUT2D eigenvalue weighted by Crippen LogP contribution is -2.04. The van der Waals surface area contributed by atoms with Gasteiger partial charge in [0.1, 0.15) is 0 Å². The van der Waals surface area contributed by atoms with Crippen LogP contribution in [-0.4, -0.2) is 0 Å². The number of nitrogens with zero attached hydrogens (tertiary/aromatic N) is 1. The van der Waals surface area contributed by atoms with Crippen molar-refractivity contribution < 1.29 is 8.78 Å². The molecule has 0 unspecified atom stereocenters. The van der Waals surface area contributed by atoms with Crippen molar-refractivity contribution in [3.63, 3.8) is 0 Å². The predicted molar refractivity (Wildman–Crippen MR) is 69.6 cm³/mol. The lowest BCUT2D eigenvalue weighted by Gasteiger charge is -2.10. The minimum absolute atomic E-state index is 0.128. The minimum atomic E-state index is -0.881. The average Bonchev–Trinajstić information content (AvgIpc) is 2.41. The molecule has 0 radical (unpaired) electrons. The normalized spacial score (nSPS) is 10.0. The van der Waals surface area contributed by atoms with E-state index in [0.717, 1.165) is 17.2 Å².